The summed E-state index contributed by atoms with van der Waals surface area (Å²) in [5.74, 6) is -0.235. The molecule has 21 heavy (non-hydrogen) atoms. The molecule has 8 nitrogen and oxygen atoms in total. The van der Waals surface area contributed by atoms with Gasteiger partial charge in [0.15, 0.2) is 5.69 Å². The van der Waals surface area contributed by atoms with Crippen LogP contribution in [0.3, 0.4) is 0 Å². The second-order valence-corrected chi connectivity index (χ2v) is 4.78. The predicted octanol–water partition coefficient (Wildman–Crippen LogP) is 0.597. The lowest BCUT2D eigenvalue weighted by atomic mass is 10.1. The van der Waals surface area contributed by atoms with Gasteiger partial charge in [-0.25, -0.2) is 4.68 Å². The van der Waals surface area contributed by atoms with E-state index in [1.54, 1.807) is 24.4 Å². The van der Waals surface area contributed by atoms with Gasteiger partial charge in [-0.3, -0.25) is 14.9 Å². The summed E-state index contributed by atoms with van der Waals surface area (Å²) in [6, 6.07) is 7.46. The molecule has 8 heteroatoms. The number of aliphatic hydroxyl groups excluding tert-OH is 1. The zero-order chi connectivity index (χ0) is 15.0. The summed E-state index contributed by atoms with van der Waals surface area (Å²) < 4.78 is 1.48. The number of carbonyl (C=O) groups is 1. The van der Waals surface area contributed by atoms with Crippen LogP contribution in [0.25, 0.3) is 5.69 Å². The average molecular weight is 288 g/mol. The van der Waals surface area contributed by atoms with Gasteiger partial charge < -0.3 is 10.0 Å². The van der Waals surface area contributed by atoms with Gasteiger partial charge in [-0.1, -0.05) is 0 Å². The zero-order valence-corrected chi connectivity index (χ0v) is 10.9. The van der Waals surface area contributed by atoms with Crippen LogP contribution in [0, 0.1) is 10.1 Å². The number of benzene rings is 1. The number of rotatable bonds is 3. The molecule has 2 heterocycles. The molecule has 1 aromatic heterocycles. The number of likely N-dealkylation sites (tertiary alicyclic amines) is 1. The highest BCUT2D eigenvalue weighted by atomic mass is 16.6. The summed E-state index contributed by atoms with van der Waals surface area (Å²) in [5.41, 5.74) is 0.903. The number of nitro benzene ring substituents is 1. The summed E-state index contributed by atoms with van der Waals surface area (Å²) in [7, 11) is 0. The smallest absolute Gasteiger partial charge is 0.274 e. The highest BCUT2D eigenvalue weighted by Gasteiger charge is 2.30. The average Bonchev–Trinajstić information content (AvgIpc) is 2.93. The Labute approximate surface area is 119 Å². The fraction of sp³-hybridized carbons (Fsp3) is 0.231. The third-order valence-corrected chi connectivity index (χ3v) is 3.28. The quantitative estimate of drug-likeness (QED) is 0.658. The third kappa shape index (κ3) is 2.48. The van der Waals surface area contributed by atoms with Crippen molar-refractivity contribution in [3.05, 3.63) is 52.3 Å². The standard InChI is InChI=1S/C13H12N4O4/c18-11-7-15(8-11)13(19)12-5-6-16(14-12)9-1-3-10(4-2-9)17(20)21/h1-6,11,18H,7-8H2. The maximum Gasteiger partial charge on any atom is 0.274 e. The Balaban J connectivity index is 1.78. The number of aromatic nitrogens is 2. The molecule has 3 rings (SSSR count). The number of hydrogen-bond donors (Lipinski definition) is 1. The SMILES string of the molecule is O=C(c1ccn(-c2ccc([N+](=O)[O-])cc2)n1)N1CC(O)C1. The molecule has 1 saturated heterocycles. The van der Waals surface area contributed by atoms with E-state index in [9.17, 15) is 20.0 Å². The summed E-state index contributed by atoms with van der Waals surface area (Å²) >= 11 is 0. The van der Waals surface area contributed by atoms with Crippen LogP contribution in [0.5, 0.6) is 0 Å². The van der Waals surface area contributed by atoms with Gasteiger partial charge in [0.05, 0.1) is 16.7 Å². The molecule has 0 radical (unpaired) electrons. The molecule has 0 spiro atoms. The minimum atomic E-state index is -0.475. The van der Waals surface area contributed by atoms with E-state index < -0.39 is 11.0 Å². The first kappa shape index (κ1) is 13.3. The Bertz CT molecular complexity index is 688. The molecule has 0 saturated carbocycles. The minimum Gasteiger partial charge on any atom is -0.389 e. The largest absolute Gasteiger partial charge is 0.389 e. The van der Waals surface area contributed by atoms with Crippen molar-refractivity contribution in [3.63, 3.8) is 0 Å². The molecule has 1 aliphatic rings. The molecular weight excluding hydrogens is 276 g/mol. The van der Waals surface area contributed by atoms with E-state index in [4.69, 9.17) is 0 Å². The van der Waals surface area contributed by atoms with E-state index >= 15 is 0 Å². The van der Waals surface area contributed by atoms with Gasteiger partial charge in [-0.15, -0.1) is 0 Å². The van der Waals surface area contributed by atoms with Crippen LogP contribution in [-0.2, 0) is 0 Å². The van der Waals surface area contributed by atoms with Crippen LogP contribution in [0.2, 0.25) is 0 Å². The van der Waals surface area contributed by atoms with Crippen LogP contribution in [0.1, 0.15) is 10.5 Å². The van der Waals surface area contributed by atoms with Crippen molar-refractivity contribution in [1.82, 2.24) is 14.7 Å². The summed E-state index contributed by atoms with van der Waals surface area (Å²) in [6.45, 7) is 0.645. The number of nitro groups is 1. The lowest BCUT2D eigenvalue weighted by Gasteiger charge is -2.35. The number of hydrogen-bond acceptors (Lipinski definition) is 5. The molecule has 1 aliphatic heterocycles. The Hall–Kier alpha value is -2.74. The van der Waals surface area contributed by atoms with Gasteiger partial charge in [0.25, 0.3) is 11.6 Å². The van der Waals surface area contributed by atoms with E-state index in [2.05, 4.69) is 5.10 Å². The predicted molar refractivity (Wildman–Crippen MR) is 72.1 cm³/mol. The summed E-state index contributed by atoms with van der Waals surface area (Å²) in [5, 5.41) is 23.9. The van der Waals surface area contributed by atoms with Gasteiger partial charge in [0.1, 0.15) is 0 Å². The number of nitrogens with zero attached hydrogens (tertiary/aromatic N) is 4. The van der Waals surface area contributed by atoms with Gasteiger partial charge in [-0.2, -0.15) is 5.10 Å². The first-order valence-electron chi connectivity index (χ1n) is 6.32. The number of β-amino-alcohol motifs (C(OH)–C–C–N with tert-alkyl or cyclic N) is 1. The topological polar surface area (TPSA) is 102 Å². The molecule has 2 aromatic rings. The minimum absolute atomic E-state index is 0.00299. The van der Waals surface area contributed by atoms with Crippen molar-refractivity contribution in [2.45, 2.75) is 6.10 Å². The Kier molecular flexibility index (Phi) is 3.15. The van der Waals surface area contributed by atoms with Crippen LogP contribution in [0.15, 0.2) is 36.5 Å². The summed E-state index contributed by atoms with van der Waals surface area (Å²) in [4.78, 5) is 23.6. The number of carbonyl (C=O) groups excluding carboxylic acids is 1. The lowest BCUT2D eigenvalue weighted by Crippen LogP contribution is -2.53. The first-order chi connectivity index (χ1) is 10.0. The molecule has 0 aliphatic carbocycles. The second-order valence-electron chi connectivity index (χ2n) is 4.78. The van der Waals surface area contributed by atoms with Gasteiger partial charge in [0, 0.05) is 31.4 Å². The first-order valence-corrected chi connectivity index (χ1v) is 6.32. The molecule has 1 N–H and O–H groups in total. The molecule has 0 bridgehead atoms. The van der Waals surface area contributed by atoms with Gasteiger partial charge >= 0.3 is 0 Å². The normalized spacial score (nSPS) is 14.8. The molecule has 1 aromatic carbocycles. The number of amides is 1. The summed E-state index contributed by atoms with van der Waals surface area (Å²) in [6.07, 6.45) is 1.16. The fourth-order valence-electron chi connectivity index (χ4n) is 2.09. The maximum atomic E-state index is 12.0. The van der Waals surface area contributed by atoms with Gasteiger partial charge in [0.2, 0.25) is 0 Å². The van der Waals surface area contributed by atoms with Crippen LogP contribution in [0.4, 0.5) is 5.69 Å². The molecule has 0 unspecified atom stereocenters. The Morgan fingerprint density at radius 3 is 2.52 bits per heavy atom. The zero-order valence-electron chi connectivity index (χ0n) is 10.9. The van der Waals surface area contributed by atoms with E-state index in [0.29, 0.717) is 18.8 Å². The molecular formula is C13H12N4O4. The van der Waals surface area contributed by atoms with Crippen molar-refractivity contribution in [2.75, 3.05) is 13.1 Å². The Morgan fingerprint density at radius 1 is 1.29 bits per heavy atom. The highest BCUT2D eigenvalue weighted by Crippen LogP contribution is 2.16. The van der Waals surface area contributed by atoms with E-state index in [0.717, 1.165) is 0 Å². The molecule has 0 atom stereocenters. The van der Waals surface area contributed by atoms with Crippen LogP contribution < -0.4 is 0 Å². The Morgan fingerprint density at radius 2 is 1.95 bits per heavy atom. The second kappa shape index (κ2) is 4.98. The number of non-ortho nitro benzene ring substituents is 1. The van der Waals surface area contributed by atoms with Crippen LogP contribution in [-0.4, -0.2) is 49.8 Å². The van der Waals surface area contributed by atoms with Crippen molar-refractivity contribution in [3.8, 4) is 5.69 Å². The monoisotopic (exact) mass is 288 g/mol. The maximum absolute atomic E-state index is 12.0. The van der Waals surface area contributed by atoms with E-state index in [1.807, 2.05) is 0 Å². The lowest BCUT2D eigenvalue weighted by molar-refractivity contribution is -0.384. The van der Waals surface area contributed by atoms with Crippen molar-refractivity contribution >= 4 is 11.6 Å². The van der Waals surface area contributed by atoms with E-state index in [1.165, 1.54) is 21.7 Å². The molecule has 1 fully saturated rings. The van der Waals surface area contributed by atoms with Crippen molar-refractivity contribution in [2.24, 2.45) is 0 Å². The fourth-order valence-corrected chi connectivity index (χ4v) is 2.09. The van der Waals surface area contributed by atoms with Crippen molar-refractivity contribution < 1.29 is 14.8 Å². The third-order valence-electron chi connectivity index (χ3n) is 3.28. The molecule has 1 amide bonds. The number of aliphatic hydroxyl groups is 1. The molecule has 108 valence electrons. The highest BCUT2D eigenvalue weighted by molar-refractivity contribution is 5.92. The van der Waals surface area contributed by atoms with Crippen molar-refractivity contribution in [1.29, 1.82) is 0 Å². The van der Waals surface area contributed by atoms with E-state index in [-0.39, 0.29) is 17.3 Å². The van der Waals surface area contributed by atoms with Gasteiger partial charge in [-0.05, 0) is 18.2 Å². The van der Waals surface area contributed by atoms with Crippen LogP contribution >= 0.6 is 0 Å².